The molecule has 2 heterocycles. The zero-order valence-corrected chi connectivity index (χ0v) is 48.0. The third kappa shape index (κ3) is 11.6. The number of hydrogen-bond donors (Lipinski definition) is 0. The normalized spacial score (nSPS) is 11.0. The Kier molecular flexibility index (Phi) is 15.1. The van der Waals surface area contributed by atoms with Gasteiger partial charge < -0.3 is 26.1 Å². The van der Waals surface area contributed by atoms with Gasteiger partial charge >= 0.3 is 15.1 Å². The number of hydrogen-bond acceptors (Lipinski definition) is 8. The molecule has 84 heavy (non-hydrogen) atoms. The predicted octanol–water partition coefficient (Wildman–Crippen LogP) is 20.0. The largest absolute Gasteiger partial charge is 1.20 e. The third-order valence-electron chi connectivity index (χ3n) is 14.9. The highest BCUT2D eigenvalue weighted by atomic mass is 27.3. The van der Waals surface area contributed by atoms with Gasteiger partial charge in [0.25, 0.3) is 0 Å². The molecule has 0 unspecified atom stereocenters. The van der Waals surface area contributed by atoms with Gasteiger partial charge in [-0.05, 0) is 194 Å². The molecule has 0 saturated carbocycles. The zero-order valence-electron chi connectivity index (χ0n) is 46.8. The van der Waals surface area contributed by atoms with E-state index in [1.807, 2.05) is 74.5 Å². The second-order valence-corrected chi connectivity index (χ2v) is 22.0. The number of anilines is 9. The number of aryl methyl sites for hydroxylation is 3. The smallest absolute Gasteiger partial charge is 0.577 e. The highest BCUT2D eigenvalue weighted by Crippen LogP contribution is 2.42. The molecule has 2 aromatic heterocycles. The van der Waals surface area contributed by atoms with Crippen molar-refractivity contribution < 1.29 is 11.4 Å². The fourth-order valence-electron chi connectivity index (χ4n) is 10.7. The lowest BCUT2D eigenvalue weighted by Gasteiger charge is -2.28. The summed E-state index contributed by atoms with van der Waals surface area (Å²) in [6, 6.07) is 104. The first kappa shape index (κ1) is 52.9. The first-order valence-corrected chi connectivity index (χ1v) is 29.6. The zero-order chi connectivity index (χ0) is 56.8. The molecule has 0 amide bonds. The van der Waals surface area contributed by atoms with Crippen LogP contribution in [0.15, 0.2) is 297 Å². The van der Waals surface area contributed by atoms with Crippen molar-refractivity contribution >= 4 is 88.1 Å². The van der Waals surface area contributed by atoms with Crippen molar-refractivity contribution in [2.45, 2.75) is 20.8 Å². The molecule has 0 bridgehead atoms. The maximum atomic E-state index is 6.69. The van der Waals surface area contributed by atoms with Crippen LogP contribution >= 0.6 is 0 Å². The summed E-state index contributed by atoms with van der Waals surface area (Å²) in [6.07, 6.45) is 0. The van der Waals surface area contributed by atoms with Crippen molar-refractivity contribution in [2.24, 2.45) is 0 Å². The molecule has 0 atom stereocenters. The predicted molar refractivity (Wildman–Crippen MR) is 347 cm³/mol. The minimum Gasteiger partial charge on any atom is -0.577 e. The summed E-state index contributed by atoms with van der Waals surface area (Å²) in [5.74, 6) is 1.85. The van der Waals surface area contributed by atoms with Crippen LogP contribution in [0.1, 0.15) is 17.0 Å². The van der Waals surface area contributed by atoms with Crippen LogP contribution in [0.25, 0.3) is 44.1 Å². The Balaban J connectivity index is 0.746. The number of para-hydroxylation sites is 5. The van der Waals surface area contributed by atoms with Gasteiger partial charge in [0.2, 0.25) is 0 Å². The van der Waals surface area contributed by atoms with Crippen molar-refractivity contribution in [2.75, 3.05) is 14.7 Å². The molecule has 13 aromatic rings. The van der Waals surface area contributed by atoms with Crippen LogP contribution in [0.4, 0.5) is 51.2 Å². The minimum atomic E-state index is -2.99. The average Bonchev–Trinajstić information content (AvgIpc) is 3.71. The van der Waals surface area contributed by atoms with E-state index < -0.39 is 15.1 Å². The lowest BCUT2D eigenvalue weighted by Crippen LogP contribution is -2.37. The lowest BCUT2D eigenvalue weighted by molar-refractivity contribution is 0.310. The maximum Gasteiger partial charge on any atom is 1.20 e. The van der Waals surface area contributed by atoms with Gasteiger partial charge in [0.15, 0.2) is 0 Å². The van der Waals surface area contributed by atoms with E-state index in [0.29, 0.717) is 17.2 Å². The van der Waals surface area contributed by atoms with Gasteiger partial charge in [0, 0.05) is 73.3 Å². The van der Waals surface area contributed by atoms with Crippen LogP contribution in [0, 0.1) is 20.8 Å². The van der Waals surface area contributed by atoms with E-state index in [4.69, 9.17) is 21.3 Å². The summed E-state index contributed by atoms with van der Waals surface area (Å²) in [6.45, 7) is 6.09. The van der Waals surface area contributed by atoms with Gasteiger partial charge in [-0.25, -0.2) is 9.97 Å². The highest BCUT2D eigenvalue weighted by Gasteiger charge is 2.45. The van der Waals surface area contributed by atoms with Gasteiger partial charge in [-0.2, -0.15) is 0 Å². The molecule has 9 heteroatoms. The number of nitrogens with zero attached hydrogens (tertiary/aromatic N) is 5. The number of fused-ring (bicyclic) bond motifs is 2. The molecule has 8 nitrogen and oxygen atoms in total. The van der Waals surface area contributed by atoms with Crippen LogP contribution in [0.2, 0.25) is 0 Å². The van der Waals surface area contributed by atoms with Crippen LogP contribution in [-0.2, 0) is 0 Å². The molecule has 0 N–H and O–H groups in total. The monoisotopic (exact) mass is 1100 g/mol. The standard InChI is InChI=1S/C55H43N3O.2C10H9NO.Al/c1-41-12-11-19-54(40-41)58(48-17-9-4-10-18-48)51-32-24-43(25-33-51)42-20-28-49(29-21-42)56(46-13-5-2-6-14-46)52-34-36-53(37-35-52)57(47-15-7-3-8-16-47)50-30-22-44(23-31-50)45-26-38-55(59)39-27-45;2*1-7-5-6-8-3-2-4-9(12)10(8)11-7;/h2-40,59H,1H3;2*2-6,12H,1H3;/q;;;+3/p-3. The molecule has 0 aliphatic heterocycles. The van der Waals surface area contributed by atoms with E-state index in [1.165, 1.54) is 5.56 Å². The van der Waals surface area contributed by atoms with Crippen LogP contribution in [0.5, 0.6) is 17.2 Å². The fraction of sp³-hybridized carbons (Fsp3) is 0.0400. The molecular weight excluding hydrogens is 1050 g/mol. The number of benzene rings is 11. The summed E-state index contributed by atoms with van der Waals surface area (Å²) in [5.41, 5.74) is 18.6. The summed E-state index contributed by atoms with van der Waals surface area (Å²) < 4.78 is 20.1. The fourth-order valence-corrected chi connectivity index (χ4v) is 12.1. The Hall–Kier alpha value is -10.4. The van der Waals surface area contributed by atoms with Gasteiger partial charge in [0.1, 0.15) is 22.5 Å². The molecule has 0 aliphatic carbocycles. The number of aromatic nitrogens is 2. The molecule has 0 aliphatic rings. The Bertz CT molecular complexity index is 4280. The van der Waals surface area contributed by atoms with Crippen LogP contribution < -0.4 is 26.1 Å². The second-order valence-electron chi connectivity index (χ2n) is 20.7. The SMILES string of the molecule is Cc1cccc(N(c2ccccc2)c2ccc(-c3ccc(N(c4ccccc4)c4ccc(N(c5ccccc5)c5ccc(-c6ccc([O][Al]([O]c7cccc8ccc(C)nc78)[O]c7cccc8ccc(C)nc78)cc6)cc5)cc4)cc3)cc2)c1. The molecular formula is C75H58AlN5O3. The summed E-state index contributed by atoms with van der Waals surface area (Å²) in [5, 5.41) is 1.95. The van der Waals surface area contributed by atoms with Gasteiger partial charge in [-0.1, -0.05) is 152 Å². The molecule has 0 saturated heterocycles. The maximum absolute atomic E-state index is 6.69. The van der Waals surface area contributed by atoms with Crippen molar-refractivity contribution in [3.8, 4) is 39.5 Å². The van der Waals surface area contributed by atoms with Crippen molar-refractivity contribution in [3.63, 3.8) is 0 Å². The Morgan fingerprint density at radius 2 is 0.595 bits per heavy atom. The van der Waals surface area contributed by atoms with E-state index in [9.17, 15) is 0 Å². The van der Waals surface area contributed by atoms with Gasteiger partial charge in [-0.15, -0.1) is 0 Å². The van der Waals surface area contributed by atoms with Crippen LogP contribution in [-0.4, -0.2) is 25.1 Å². The number of pyridine rings is 2. The summed E-state index contributed by atoms with van der Waals surface area (Å²) in [7, 11) is 0. The molecule has 11 aromatic carbocycles. The van der Waals surface area contributed by atoms with Gasteiger partial charge in [0.05, 0.1) is 5.75 Å². The minimum absolute atomic E-state index is 0.606. The van der Waals surface area contributed by atoms with Crippen LogP contribution in [0.3, 0.4) is 0 Å². The molecule has 13 rings (SSSR count). The molecule has 0 radical (unpaired) electrons. The average molecular weight is 1100 g/mol. The summed E-state index contributed by atoms with van der Waals surface area (Å²) >= 11 is -2.99. The van der Waals surface area contributed by atoms with Crippen molar-refractivity contribution in [3.05, 3.63) is 314 Å². The Labute approximate surface area is 495 Å². The molecule has 404 valence electrons. The lowest BCUT2D eigenvalue weighted by atomic mass is 10.0. The summed E-state index contributed by atoms with van der Waals surface area (Å²) in [4.78, 5) is 16.6. The second kappa shape index (κ2) is 24.0. The van der Waals surface area contributed by atoms with Crippen molar-refractivity contribution in [1.29, 1.82) is 0 Å². The highest BCUT2D eigenvalue weighted by molar-refractivity contribution is 6.40. The van der Waals surface area contributed by atoms with E-state index in [0.717, 1.165) is 107 Å². The molecule has 0 spiro atoms. The van der Waals surface area contributed by atoms with Gasteiger partial charge in [-0.3, -0.25) is 0 Å². The number of rotatable bonds is 17. The quantitative estimate of drug-likeness (QED) is 0.0836. The Morgan fingerprint density at radius 1 is 0.274 bits per heavy atom. The first-order valence-electron chi connectivity index (χ1n) is 28.2. The third-order valence-corrected chi connectivity index (χ3v) is 16.2. The van der Waals surface area contributed by atoms with Crippen molar-refractivity contribution in [1.82, 2.24) is 9.97 Å². The van der Waals surface area contributed by atoms with E-state index in [-0.39, 0.29) is 0 Å². The van der Waals surface area contributed by atoms with E-state index in [1.54, 1.807) is 0 Å². The molecule has 0 fully saturated rings. The van der Waals surface area contributed by atoms with E-state index in [2.05, 4.69) is 258 Å². The first-order chi connectivity index (χ1) is 41.3. The Morgan fingerprint density at radius 3 is 0.976 bits per heavy atom. The topological polar surface area (TPSA) is 63.2 Å². The van der Waals surface area contributed by atoms with E-state index >= 15 is 0 Å².